The van der Waals surface area contributed by atoms with E-state index in [0.717, 1.165) is 37.9 Å². The van der Waals surface area contributed by atoms with Crippen LogP contribution < -0.4 is 0 Å². The molecular weight excluding hydrogens is 290 g/mol. The molecule has 1 aliphatic heterocycles. The van der Waals surface area contributed by atoms with Gasteiger partial charge in [0, 0.05) is 31.0 Å². The molecule has 122 valence electrons. The third kappa shape index (κ3) is 3.60. The molecule has 0 unspecified atom stereocenters. The molecule has 1 aromatic carbocycles. The van der Waals surface area contributed by atoms with Gasteiger partial charge in [0.2, 0.25) is 17.6 Å². The lowest BCUT2D eigenvalue weighted by molar-refractivity contribution is -0.132. The monoisotopic (exact) mass is 313 g/mol. The Balaban J connectivity index is 1.63. The highest BCUT2D eigenvalue weighted by atomic mass is 16.5. The summed E-state index contributed by atoms with van der Waals surface area (Å²) in [5.41, 5.74) is 2.18. The van der Waals surface area contributed by atoms with Gasteiger partial charge in [-0.1, -0.05) is 41.9 Å². The smallest absolute Gasteiger partial charge is 0.230 e. The number of aromatic nitrogens is 2. The molecule has 0 atom stereocenters. The lowest BCUT2D eigenvalue weighted by Crippen LogP contribution is -2.37. The van der Waals surface area contributed by atoms with E-state index >= 15 is 0 Å². The zero-order valence-electron chi connectivity index (χ0n) is 13.8. The van der Waals surface area contributed by atoms with Crippen molar-refractivity contribution >= 4 is 5.91 Å². The third-order valence-corrected chi connectivity index (χ3v) is 4.41. The number of hydrogen-bond donors (Lipinski definition) is 0. The molecule has 23 heavy (non-hydrogen) atoms. The fourth-order valence-corrected chi connectivity index (χ4v) is 2.97. The lowest BCUT2D eigenvalue weighted by Gasteiger charge is -2.30. The first kappa shape index (κ1) is 15.7. The van der Waals surface area contributed by atoms with E-state index in [1.807, 2.05) is 36.1 Å². The first-order valence-corrected chi connectivity index (χ1v) is 8.35. The number of carbonyl (C=O) groups is 1. The molecule has 1 fully saturated rings. The van der Waals surface area contributed by atoms with Crippen LogP contribution in [0.5, 0.6) is 0 Å². The van der Waals surface area contributed by atoms with E-state index in [4.69, 9.17) is 4.52 Å². The van der Waals surface area contributed by atoms with Crippen LogP contribution in [0.2, 0.25) is 0 Å². The zero-order valence-corrected chi connectivity index (χ0v) is 13.8. The summed E-state index contributed by atoms with van der Waals surface area (Å²) in [5.74, 6) is 1.86. The maximum Gasteiger partial charge on any atom is 0.230 e. The van der Waals surface area contributed by atoms with Gasteiger partial charge in [-0.3, -0.25) is 4.79 Å². The largest absolute Gasteiger partial charge is 0.343 e. The van der Waals surface area contributed by atoms with Gasteiger partial charge >= 0.3 is 0 Å². The summed E-state index contributed by atoms with van der Waals surface area (Å²) in [6, 6.07) is 8.11. The van der Waals surface area contributed by atoms with Crippen LogP contribution in [0, 0.1) is 6.92 Å². The minimum Gasteiger partial charge on any atom is -0.343 e. The molecule has 1 amide bonds. The van der Waals surface area contributed by atoms with Gasteiger partial charge in [-0.05, 0) is 26.2 Å². The van der Waals surface area contributed by atoms with Gasteiger partial charge in [0.15, 0.2) is 0 Å². The van der Waals surface area contributed by atoms with E-state index in [9.17, 15) is 4.79 Å². The highest BCUT2D eigenvalue weighted by molar-refractivity contribution is 5.76. The van der Waals surface area contributed by atoms with Crippen molar-refractivity contribution in [1.29, 1.82) is 0 Å². The van der Waals surface area contributed by atoms with Crippen LogP contribution in [0.25, 0.3) is 11.4 Å². The van der Waals surface area contributed by atoms with Gasteiger partial charge in [-0.15, -0.1) is 0 Å². The second-order valence-corrected chi connectivity index (χ2v) is 6.23. The maximum atomic E-state index is 11.9. The molecule has 5 nitrogen and oxygen atoms in total. The molecule has 3 rings (SSSR count). The topological polar surface area (TPSA) is 59.2 Å². The fourth-order valence-electron chi connectivity index (χ4n) is 2.97. The van der Waals surface area contributed by atoms with E-state index in [1.54, 1.807) is 0 Å². The molecule has 0 bridgehead atoms. The Morgan fingerprint density at radius 1 is 1.26 bits per heavy atom. The molecule has 2 aromatic rings. The second-order valence-electron chi connectivity index (χ2n) is 6.23. The van der Waals surface area contributed by atoms with Crippen molar-refractivity contribution in [2.45, 2.75) is 45.4 Å². The first-order chi connectivity index (χ1) is 11.2. The summed E-state index contributed by atoms with van der Waals surface area (Å²) in [6.45, 7) is 5.66. The molecule has 1 saturated heterocycles. The van der Waals surface area contributed by atoms with Crippen LogP contribution in [0.15, 0.2) is 28.8 Å². The number of hydrogen-bond acceptors (Lipinski definition) is 4. The summed E-state index contributed by atoms with van der Waals surface area (Å²) in [5, 5.41) is 4.11. The Labute approximate surface area is 136 Å². The summed E-state index contributed by atoms with van der Waals surface area (Å²) in [4.78, 5) is 18.4. The van der Waals surface area contributed by atoms with Crippen LogP contribution >= 0.6 is 0 Å². The van der Waals surface area contributed by atoms with Crippen molar-refractivity contribution in [1.82, 2.24) is 15.0 Å². The summed E-state index contributed by atoms with van der Waals surface area (Å²) in [7, 11) is 0. The van der Waals surface area contributed by atoms with Crippen molar-refractivity contribution in [2.75, 3.05) is 13.1 Å². The van der Waals surface area contributed by atoms with Crippen LogP contribution in [0.3, 0.4) is 0 Å². The Kier molecular flexibility index (Phi) is 4.74. The normalized spacial score (nSPS) is 15.8. The SMILES string of the molecule is CCCC(=O)N1CCC(c2nc(-c3ccc(C)cc3)no2)CC1. The molecular formula is C18H23N3O2. The molecule has 0 N–H and O–H groups in total. The Morgan fingerprint density at radius 2 is 1.96 bits per heavy atom. The van der Waals surface area contributed by atoms with Gasteiger partial charge in [0.1, 0.15) is 0 Å². The Morgan fingerprint density at radius 3 is 2.61 bits per heavy atom. The number of aryl methyl sites for hydroxylation is 1. The molecule has 1 aromatic heterocycles. The van der Waals surface area contributed by atoms with Crippen LogP contribution in [-0.4, -0.2) is 34.0 Å². The van der Waals surface area contributed by atoms with Crippen molar-refractivity contribution in [3.63, 3.8) is 0 Å². The van der Waals surface area contributed by atoms with Crippen LogP contribution in [-0.2, 0) is 4.79 Å². The highest BCUT2D eigenvalue weighted by Gasteiger charge is 2.27. The predicted molar refractivity (Wildman–Crippen MR) is 87.9 cm³/mol. The average molecular weight is 313 g/mol. The van der Waals surface area contributed by atoms with Crippen molar-refractivity contribution in [2.24, 2.45) is 0 Å². The number of rotatable bonds is 4. The van der Waals surface area contributed by atoms with Gasteiger partial charge in [-0.2, -0.15) is 4.98 Å². The van der Waals surface area contributed by atoms with Gasteiger partial charge in [0.05, 0.1) is 0 Å². The van der Waals surface area contributed by atoms with E-state index in [-0.39, 0.29) is 11.8 Å². The number of likely N-dealkylation sites (tertiary alicyclic amines) is 1. The molecule has 0 aliphatic carbocycles. The second kappa shape index (κ2) is 6.94. The van der Waals surface area contributed by atoms with E-state index in [2.05, 4.69) is 17.1 Å². The standard InChI is InChI=1S/C18H23N3O2/c1-3-4-16(22)21-11-9-15(10-12-21)18-19-17(20-23-18)14-7-5-13(2)6-8-14/h5-8,15H,3-4,9-12H2,1-2H3. The minimum absolute atomic E-state index is 0.257. The molecule has 0 saturated carbocycles. The van der Waals surface area contributed by atoms with Crippen molar-refractivity contribution in [3.8, 4) is 11.4 Å². The summed E-state index contributed by atoms with van der Waals surface area (Å²) >= 11 is 0. The van der Waals surface area contributed by atoms with E-state index in [1.165, 1.54) is 5.56 Å². The molecule has 2 heterocycles. The quantitative estimate of drug-likeness (QED) is 0.866. The van der Waals surface area contributed by atoms with E-state index < -0.39 is 0 Å². The molecule has 0 spiro atoms. The maximum absolute atomic E-state index is 11.9. The van der Waals surface area contributed by atoms with Crippen LogP contribution in [0.1, 0.15) is 50.0 Å². The highest BCUT2D eigenvalue weighted by Crippen LogP contribution is 2.28. The minimum atomic E-state index is 0.257. The third-order valence-electron chi connectivity index (χ3n) is 4.41. The van der Waals surface area contributed by atoms with Gasteiger partial charge < -0.3 is 9.42 Å². The van der Waals surface area contributed by atoms with Gasteiger partial charge in [-0.25, -0.2) is 0 Å². The predicted octanol–water partition coefficient (Wildman–Crippen LogP) is 3.55. The average Bonchev–Trinajstić information content (AvgIpc) is 3.06. The fraction of sp³-hybridized carbons (Fsp3) is 0.500. The molecule has 5 heteroatoms. The van der Waals surface area contributed by atoms with Crippen molar-refractivity contribution in [3.05, 3.63) is 35.7 Å². The summed E-state index contributed by atoms with van der Waals surface area (Å²) < 4.78 is 5.47. The Hall–Kier alpha value is -2.17. The zero-order chi connectivity index (χ0) is 16.2. The number of benzene rings is 1. The number of carbonyl (C=O) groups excluding carboxylic acids is 1. The number of amides is 1. The molecule has 1 aliphatic rings. The Bertz CT molecular complexity index is 655. The van der Waals surface area contributed by atoms with Crippen LogP contribution in [0.4, 0.5) is 0 Å². The number of piperidine rings is 1. The lowest BCUT2D eigenvalue weighted by atomic mass is 9.96. The number of nitrogens with zero attached hydrogens (tertiary/aromatic N) is 3. The van der Waals surface area contributed by atoms with Crippen molar-refractivity contribution < 1.29 is 9.32 Å². The van der Waals surface area contributed by atoms with E-state index in [0.29, 0.717) is 18.1 Å². The first-order valence-electron chi connectivity index (χ1n) is 8.35. The van der Waals surface area contributed by atoms with Gasteiger partial charge in [0.25, 0.3) is 0 Å². The summed E-state index contributed by atoms with van der Waals surface area (Å²) in [6.07, 6.45) is 3.33. The molecule has 0 radical (unpaired) electrons.